The second-order valence-electron chi connectivity index (χ2n) is 5.95. The molecule has 4 rings (SSSR count). The van der Waals surface area contributed by atoms with Crippen molar-refractivity contribution in [3.63, 3.8) is 0 Å². The molecule has 0 bridgehead atoms. The van der Waals surface area contributed by atoms with Gasteiger partial charge >= 0.3 is 0 Å². The Hall–Kier alpha value is -2.82. The summed E-state index contributed by atoms with van der Waals surface area (Å²) in [6, 6.07) is 8.17. The maximum Gasteiger partial charge on any atom is 0.246 e. The Morgan fingerprint density at radius 1 is 1.17 bits per heavy atom. The van der Waals surface area contributed by atoms with E-state index in [9.17, 15) is 9.59 Å². The highest BCUT2D eigenvalue weighted by Gasteiger charge is 2.30. The maximum atomic E-state index is 12.2. The van der Waals surface area contributed by atoms with Gasteiger partial charge in [-0.1, -0.05) is 18.2 Å². The van der Waals surface area contributed by atoms with Crippen LogP contribution in [0.15, 0.2) is 36.5 Å². The van der Waals surface area contributed by atoms with Gasteiger partial charge in [0.1, 0.15) is 0 Å². The number of hydrogen-bond acceptors (Lipinski definition) is 2. The van der Waals surface area contributed by atoms with Crippen LogP contribution in [-0.2, 0) is 16.0 Å². The summed E-state index contributed by atoms with van der Waals surface area (Å²) in [6.45, 7) is 2.69. The molecule has 1 aromatic carbocycles. The van der Waals surface area contributed by atoms with Crippen molar-refractivity contribution in [1.29, 1.82) is 0 Å². The van der Waals surface area contributed by atoms with E-state index in [1.54, 1.807) is 4.90 Å². The number of carbonyl (C=O) groups is 2. The molecule has 5 heteroatoms. The molecule has 5 nitrogen and oxygen atoms in total. The Balaban J connectivity index is 1.88. The molecule has 0 aliphatic carbocycles. The van der Waals surface area contributed by atoms with Crippen LogP contribution in [0.1, 0.15) is 16.8 Å². The van der Waals surface area contributed by atoms with Gasteiger partial charge in [0.25, 0.3) is 0 Å². The first-order chi connectivity index (χ1) is 11.1. The van der Waals surface area contributed by atoms with Crippen LogP contribution in [0.2, 0.25) is 0 Å². The zero-order valence-electron chi connectivity index (χ0n) is 12.8. The first-order valence-electron chi connectivity index (χ1n) is 7.71. The van der Waals surface area contributed by atoms with E-state index in [4.69, 9.17) is 0 Å². The van der Waals surface area contributed by atoms with Gasteiger partial charge in [0, 0.05) is 30.1 Å². The summed E-state index contributed by atoms with van der Waals surface area (Å²) < 4.78 is 0. The lowest BCUT2D eigenvalue weighted by atomic mass is 9.89. The Kier molecular flexibility index (Phi) is 3.08. The van der Waals surface area contributed by atoms with Gasteiger partial charge in [-0.15, -0.1) is 0 Å². The number of aromatic amines is 1. The number of H-pyrrole nitrogens is 1. The minimum Gasteiger partial charge on any atom is -0.365 e. The first kappa shape index (κ1) is 13.8. The van der Waals surface area contributed by atoms with Crippen molar-refractivity contribution in [3.8, 4) is 11.1 Å². The minimum atomic E-state index is -0.216. The fraction of sp³-hybridized carbons (Fsp3) is 0.222. The highest BCUT2D eigenvalue weighted by Crippen LogP contribution is 2.36. The Morgan fingerprint density at radius 3 is 2.78 bits per heavy atom. The third-order valence-corrected chi connectivity index (χ3v) is 4.45. The monoisotopic (exact) mass is 307 g/mol. The number of carbonyl (C=O) groups excluding carboxylic acids is 2. The summed E-state index contributed by atoms with van der Waals surface area (Å²) >= 11 is 0. The fourth-order valence-electron chi connectivity index (χ4n) is 3.37. The lowest BCUT2D eigenvalue weighted by Gasteiger charge is -2.31. The molecule has 0 fully saturated rings. The Bertz CT molecular complexity index is 848. The van der Waals surface area contributed by atoms with Crippen molar-refractivity contribution in [1.82, 2.24) is 15.2 Å². The number of nitrogens with zero attached hydrogens (tertiary/aromatic N) is 1. The first-order valence-corrected chi connectivity index (χ1v) is 7.71. The summed E-state index contributed by atoms with van der Waals surface area (Å²) in [7, 11) is 0. The van der Waals surface area contributed by atoms with Crippen LogP contribution in [0.5, 0.6) is 0 Å². The molecule has 0 unspecified atom stereocenters. The van der Waals surface area contributed by atoms with Gasteiger partial charge in [0.15, 0.2) is 0 Å². The molecule has 2 aromatic rings. The average Bonchev–Trinajstić information content (AvgIpc) is 2.92. The number of benzene rings is 1. The molecular weight excluding hydrogens is 290 g/mol. The van der Waals surface area contributed by atoms with Gasteiger partial charge in [0.2, 0.25) is 11.8 Å². The zero-order chi connectivity index (χ0) is 16.0. The quantitative estimate of drug-likeness (QED) is 0.844. The van der Waals surface area contributed by atoms with Crippen LogP contribution in [-0.4, -0.2) is 34.8 Å². The lowest BCUT2D eigenvalue weighted by molar-refractivity contribution is -0.128. The fourth-order valence-corrected chi connectivity index (χ4v) is 3.37. The molecule has 2 aliphatic heterocycles. The molecular formula is C18H17N3O2. The van der Waals surface area contributed by atoms with Gasteiger partial charge in [-0.05, 0) is 36.1 Å². The number of rotatable bonds is 1. The van der Waals surface area contributed by atoms with Gasteiger partial charge < -0.3 is 15.2 Å². The Morgan fingerprint density at radius 2 is 2.00 bits per heavy atom. The van der Waals surface area contributed by atoms with Crippen LogP contribution >= 0.6 is 0 Å². The van der Waals surface area contributed by atoms with Crippen LogP contribution in [0, 0.1) is 6.92 Å². The smallest absolute Gasteiger partial charge is 0.246 e. The van der Waals surface area contributed by atoms with Gasteiger partial charge in [-0.25, -0.2) is 0 Å². The molecule has 0 spiro atoms. The van der Waals surface area contributed by atoms with Crippen molar-refractivity contribution < 1.29 is 9.59 Å². The second-order valence-corrected chi connectivity index (χ2v) is 5.95. The van der Waals surface area contributed by atoms with Gasteiger partial charge in [0.05, 0.1) is 12.2 Å². The number of nitrogens with one attached hydrogen (secondary N) is 2. The van der Waals surface area contributed by atoms with Crippen molar-refractivity contribution >= 4 is 17.5 Å². The third-order valence-electron chi connectivity index (χ3n) is 4.45. The summed E-state index contributed by atoms with van der Waals surface area (Å²) in [5.41, 5.74) is 6.27. The highest BCUT2D eigenvalue weighted by molar-refractivity contribution is 6.04. The highest BCUT2D eigenvalue weighted by atomic mass is 16.2. The average molecular weight is 307 g/mol. The third kappa shape index (κ3) is 2.25. The number of aromatic nitrogens is 1. The van der Waals surface area contributed by atoms with Crippen LogP contribution < -0.4 is 5.32 Å². The van der Waals surface area contributed by atoms with E-state index >= 15 is 0 Å². The summed E-state index contributed by atoms with van der Waals surface area (Å²) in [6.07, 6.45) is 4.32. The molecule has 23 heavy (non-hydrogen) atoms. The van der Waals surface area contributed by atoms with E-state index in [2.05, 4.69) is 22.4 Å². The van der Waals surface area contributed by atoms with E-state index in [0.717, 1.165) is 28.8 Å². The molecule has 0 saturated carbocycles. The predicted molar refractivity (Wildman–Crippen MR) is 87.4 cm³/mol. The van der Waals surface area contributed by atoms with Crippen LogP contribution in [0.3, 0.4) is 0 Å². The number of amides is 2. The lowest BCUT2D eigenvalue weighted by Crippen LogP contribution is -2.38. The number of hydrogen-bond donors (Lipinski definition) is 2. The molecule has 2 aliphatic rings. The maximum absolute atomic E-state index is 12.2. The molecule has 1 aromatic heterocycles. The SMILES string of the molecule is Cc1cc(-c2cccc3c2CCN2C(=O)CNC(=O)C=C32)c[nH]1. The van der Waals surface area contributed by atoms with Crippen molar-refractivity contribution in [2.75, 3.05) is 13.1 Å². The number of aryl methyl sites for hydroxylation is 1. The molecule has 2 amide bonds. The van der Waals surface area contributed by atoms with Crippen LogP contribution in [0.25, 0.3) is 16.8 Å². The van der Waals surface area contributed by atoms with Gasteiger partial charge in [-0.3, -0.25) is 9.59 Å². The normalized spacial score (nSPS) is 17.1. The predicted octanol–water partition coefficient (Wildman–Crippen LogP) is 1.85. The summed E-state index contributed by atoms with van der Waals surface area (Å²) in [5.74, 6) is -0.276. The Labute approximate surface area is 134 Å². The topological polar surface area (TPSA) is 65.2 Å². The molecule has 2 N–H and O–H groups in total. The standard InChI is InChI=1S/C18H17N3O2/c1-11-7-12(9-19-11)13-3-2-4-15-14(13)5-6-21-16(15)8-17(22)20-10-18(21)23/h2-4,7-9,19H,5-6,10H2,1H3,(H,20,22). The van der Waals surface area contributed by atoms with Crippen molar-refractivity contribution in [2.24, 2.45) is 0 Å². The molecule has 3 heterocycles. The van der Waals surface area contributed by atoms with E-state index in [-0.39, 0.29) is 18.4 Å². The molecule has 116 valence electrons. The molecule has 0 saturated heterocycles. The van der Waals surface area contributed by atoms with Gasteiger partial charge in [-0.2, -0.15) is 0 Å². The van der Waals surface area contributed by atoms with E-state index in [1.807, 2.05) is 25.3 Å². The summed E-state index contributed by atoms with van der Waals surface area (Å²) in [5, 5.41) is 2.62. The van der Waals surface area contributed by atoms with E-state index in [0.29, 0.717) is 12.2 Å². The minimum absolute atomic E-state index is 0.0596. The van der Waals surface area contributed by atoms with Crippen LogP contribution in [0.4, 0.5) is 0 Å². The van der Waals surface area contributed by atoms with E-state index in [1.165, 1.54) is 11.6 Å². The molecule has 0 radical (unpaired) electrons. The van der Waals surface area contributed by atoms with Crippen molar-refractivity contribution in [3.05, 3.63) is 53.4 Å². The van der Waals surface area contributed by atoms with E-state index < -0.39 is 0 Å². The zero-order valence-corrected chi connectivity index (χ0v) is 12.8. The summed E-state index contributed by atoms with van der Waals surface area (Å²) in [4.78, 5) is 29.0. The number of fused-ring (bicyclic) bond motifs is 3. The second kappa shape index (κ2) is 5.12. The largest absolute Gasteiger partial charge is 0.365 e. The van der Waals surface area contributed by atoms with Crippen molar-refractivity contribution in [2.45, 2.75) is 13.3 Å². The molecule has 0 atom stereocenters.